The summed E-state index contributed by atoms with van der Waals surface area (Å²) in [7, 11) is 1.42. The number of ether oxygens (including phenoxy) is 3. The number of fused-ring (bicyclic) bond motifs is 1. The second-order valence-electron chi connectivity index (χ2n) is 8.34. The van der Waals surface area contributed by atoms with Crippen LogP contribution in [0.15, 0.2) is 36.4 Å². The molecular formula is C24H27N3O7. The Balaban J connectivity index is 1.35. The zero-order valence-electron chi connectivity index (χ0n) is 19.1. The molecule has 2 aliphatic heterocycles. The first-order valence-electron chi connectivity index (χ1n) is 11.2. The summed E-state index contributed by atoms with van der Waals surface area (Å²) in [4.78, 5) is 38.6. The molecule has 1 N–H and O–H groups in total. The predicted octanol–water partition coefficient (Wildman–Crippen LogP) is 3.30. The number of carbonyl (C=O) groups excluding carboxylic acids is 2. The number of amides is 1. The summed E-state index contributed by atoms with van der Waals surface area (Å²) in [5.41, 5.74) is 0.482. The van der Waals surface area contributed by atoms with Crippen LogP contribution in [0.3, 0.4) is 0 Å². The zero-order chi connectivity index (χ0) is 24.2. The molecule has 1 atom stereocenters. The molecule has 0 saturated carbocycles. The summed E-state index contributed by atoms with van der Waals surface area (Å²) >= 11 is 0. The normalized spacial score (nSPS) is 17.0. The van der Waals surface area contributed by atoms with Crippen LogP contribution in [0.5, 0.6) is 17.2 Å². The molecule has 2 aliphatic rings. The first-order valence-corrected chi connectivity index (χ1v) is 11.2. The topological polar surface area (TPSA) is 120 Å². The molecule has 180 valence electrons. The first kappa shape index (κ1) is 23.5. The highest BCUT2D eigenvalue weighted by atomic mass is 16.6. The van der Waals surface area contributed by atoms with Gasteiger partial charge in [-0.15, -0.1) is 0 Å². The number of nitro benzene ring substituents is 1. The van der Waals surface area contributed by atoms with Gasteiger partial charge in [0.25, 0.3) is 5.69 Å². The van der Waals surface area contributed by atoms with Crippen LogP contribution in [-0.4, -0.2) is 61.0 Å². The largest absolute Gasteiger partial charge is 0.496 e. The Labute approximate surface area is 196 Å². The lowest BCUT2D eigenvalue weighted by atomic mass is 9.88. The maximum atomic E-state index is 13.0. The minimum absolute atomic E-state index is 0.0579. The molecule has 2 aromatic carbocycles. The summed E-state index contributed by atoms with van der Waals surface area (Å²) in [5.74, 6) is 1.15. The van der Waals surface area contributed by atoms with E-state index in [4.69, 9.17) is 14.2 Å². The Morgan fingerprint density at radius 1 is 1.12 bits per heavy atom. The molecule has 2 aromatic rings. The van der Waals surface area contributed by atoms with Gasteiger partial charge in [0, 0.05) is 11.5 Å². The highest BCUT2D eigenvalue weighted by Gasteiger charge is 2.31. The molecule has 2 heterocycles. The van der Waals surface area contributed by atoms with Gasteiger partial charge in [0.05, 0.1) is 24.1 Å². The molecule has 1 amide bonds. The van der Waals surface area contributed by atoms with Crippen molar-refractivity contribution in [3.8, 4) is 17.2 Å². The Kier molecular flexibility index (Phi) is 6.97. The van der Waals surface area contributed by atoms with Crippen LogP contribution in [0.4, 0.5) is 11.4 Å². The summed E-state index contributed by atoms with van der Waals surface area (Å²) < 4.78 is 16.1. The van der Waals surface area contributed by atoms with Gasteiger partial charge in [-0.05, 0) is 63.2 Å². The van der Waals surface area contributed by atoms with Gasteiger partial charge in [0.15, 0.2) is 17.3 Å². The van der Waals surface area contributed by atoms with Crippen LogP contribution in [0.1, 0.15) is 30.1 Å². The molecule has 0 unspecified atom stereocenters. The van der Waals surface area contributed by atoms with E-state index in [1.807, 2.05) is 4.90 Å². The average molecular weight is 469 g/mol. The number of hydrogen-bond acceptors (Lipinski definition) is 8. The van der Waals surface area contributed by atoms with E-state index in [0.29, 0.717) is 62.0 Å². The number of carbonyl (C=O) groups is 2. The van der Waals surface area contributed by atoms with E-state index in [-0.39, 0.29) is 29.0 Å². The van der Waals surface area contributed by atoms with Crippen molar-refractivity contribution in [3.05, 3.63) is 52.1 Å². The summed E-state index contributed by atoms with van der Waals surface area (Å²) in [6.45, 7) is 3.85. The second-order valence-corrected chi connectivity index (χ2v) is 8.34. The second kappa shape index (κ2) is 10.1. The van der Waals surface area contributed by atoms with Crippen molar-refractivity contribution in [2.24, 2.45) is 5.92 Å². The number of nitrogens with one attached hydrogen (secondary N) is 1. The predicted molar refractivity (Wildman–Crippen MR) is 124 cm³/mol. The molecular weight excluding hydrogens is 442 g/mol. The van der Waals surface area contributed by atoms with Crippen molar-refractivity contribution in [2.75, 3.05) is 38.7 Å². The van der Waals surface area contributed by atoms with Gasteiger partial charge in [-0.2, -0.15) is 0 Å². The van der Waals surface area contributed by atoms with Gasteiger partial charge in [0.1, 0.15) is 24.7 Å². The molecule has 10 heteroatoms. The number of anilines is 1. The fraction of sp³-hybridized carbons (Fsp3) is 0.417. The standard InChI is InChI=1S/C24H27N3O7/c1-15(24(29)25-19-5-4-18(32-2)14-20(19)27(30)31)26-9-7-16(8-10-26)23(28)17-3-6-21-22(13-17)34-12-11-33-21/h3-6,13-16H,7-12H2,1-2H3,(H,25,29)/t15-/m0/s1. The van der Waals surface area contributed by atoms with Crippen molar-refractivity contribution in [1.82, 2.24) is 4.90 Å². The number of piperidine rings is 1. The molecule has 34 heavy (non-hydrogen) atoms. The van der Waals surface area contributed by atoms with E-state index < -0.39 is 11.0 Å². The van der Waals surface area contributed by atoms with Crippen LogP contribution in [0.2, 0.25) is 0 Å². The third-order valence-electron chi connectivity index (χ3n) is 6.31. The Bertz CT molecular complexity index is 1100. The molecule has 0 radical (unpaired) electrons. The van der Waals surface area contributed by atoms with Crippen molar-refractivity contribution < 1.29 is 28.7 Å². The Morgan fingerprint density at radius 2 is 1.82 bits per heavy atom. The number of methoxy groups -OCH3 is 1. The Hall–Kier alpha value is -3.66. The van der Waals surface area contributed by atoms with Crippen molar-refractivity contribution >= 4 is 23.1 Å². The van der Waals surface area contributed by atoms with Crippen LogP contribution in [0.25, 0.3) is 0 Å². The van der Waals surface area contributed by atoms with Crippen molar-refractivity contribution in [1.29, 1.82) is 0 Å². The number of benzene rings is 2. The SMILES string of the molecule is COc1ccc(NC(=O)[C@H](C)N2CCC(C(=O)c3ccc4c(c3)OCCO4)CC2)c([N+](=O)[O-])c1. The Morgan fingerprint density at radius 3 is 2.50 bits per heavy atom. The summed E-state index contributed by atoms with van der Waals surface area (Å²) in [6.07, 6.45) is 1.24. The quantitative estimate of drug-likeness (QED) is 0.373. The van der Waals surface area contributed by atoms with Gasteiger partial charge in [0.2, 0.25) is 5.91 Å². The number of nitrogens with zero attached hydrogens (tertiary/aromatic N) is 2. The van der Waals surface area contributed by atoms with E-state index in [2.05, 4.69) is 5.32 Å². The number of ketones is 1. The van der Waals surface area contributed by atoms with E-state index >= 15 is 0 Å². The van der Waals surface area contributed by atoms with Crippen LogP contribution < -0.4 is 19.5 Å². The lowest BCUT2D eigenvalue weighted by Crippen LogP contribution is -2.47. The molecule has 0 spiro atoms. The van der Waals surface area contributed by atoms with E-state index in [1.54, 1.807) is 31.2 Å². The van der Waals surface area contributed by atoms with Gasteiger partial charge < -0.3 is 19.5 Å². The first-order chi connectivity index (χ1) is 16.4. The van der Waals surface area contributed by atoms with Crippen LogP contribution in [0, 0.1) is 16.0 Å². The van der Waals surface area contributed by atoms with E-state index in [0.717, 1.165) is 0 Å². The smallest absolute Gasteiger partial charge is 0.296 e. The monoisotopic (exact) mass is 469 g/mol. The molecule has 1 saturated heterocycles. The summed E-state index contributed by atoms with van der Waals surface area (Å²) in [5, 5.41) is 14.0. The highest BCUT2D eigenvalue weighted by Crippen LogP contribution is 2.33. The van der Waals surface area contributed by atoms with Gasteiger partial charge in [-0.3, -0.25) is 24.6 Å². The zero-order valence-corrected chi connectivity index (χ0v) is 19.1. The summed E-state index contributed by atoms with van der Waals surface area (Å²) in [6, 6.07) is 9.05. The minimum Gasteiger partial charge on any atom is -0.496 e. The van der Waals surface area contributed by atoms with Crippen molar-refractivity contribution in [3.63, 3.8) is 0 Å². The van der Waals surface area contributed by atoms with Gasteiger partial charge in [-0.1, -0.05) is 0 Å². The fourth-order valence-electron chi connectivity index (χ4n) is 4.28. The van der Waals surface area contributed by atoms with Gasteiger partial charge >= 0.3 is 0 Å². The third-order valence-corrected chi connectivity index (χ3v) is 6.31. The van der Waals surface area contributed by atoms with Crippen LogP contribution in [-0.2, 0) is 4.79 Å². The van der Waals surface area contributed by atoms with E-state index in [9.17, 15) is 19.7 Å². The van der Waals surface area contributed by atoms with Gasteiger partial charge in [-0.25, -0.2) is 0 Å². The number of nitro groups is 1. The average Bonchev–Trinajstić information content (AvgIpc) is 2.87. The van der Waals surface area contributed by atoms with Crippen LogP contribution >= 0.6 is 0 Å². The lowest BCUT2D eigenvalue weighted by molar-refractivity contribution is -0.384. The van der Waals surface area contributed by atoms with E-state index in [1.165, 1.54) is 19.2 Å². The lowest BCUT2D eigenvalue weighted by Gasteiger charge is -2.34. The molecule has 4 rings (SSSR count). The molecule has 0 aromatic heterocycles. The highest BCUT2D eigenvalue weighted by molar-refractivity contribution is 5.99. The number of Topliss-reactive ketones (excluding diaryl/α,β-unsaturated/α-hetero) is 1. The maximum Gasteiger partial charge on any atom is 0.296 e. The molecule has 0 bridgehead atoms. The number of hydrogen-bond donors (Lipinski definition) is 1. The molecule has 0 aliphatic carbocycles. The maximum absolute atomic E-state index is 13.0. The molecule has 1 fully saturated rings. The molecule has 10 nitrogen and oxygen atoms in total. The number of likely N-dealkylation sites (tertiary alicyclic amines) is 1. The third kappa shape index (κ3) is 4.96. The number of rotatable bonds is 7. The minimum atomic E-state index is -0.558. The van der Waals surface area contributed by atoms with Crippen molar-refractivity contribution in [2.45, 2.75) is 25.8 Å². The fourth-order valence-corrected chi connectivity index (χ4v) is 4.28.